The molecule has 3 heteroatoms. The Morgan fingerprint density at radius 1 is 0.714 bits per heavy atom. The number of aliphatic carboxylic acids is 1. The zero-order valence-corrected chi connectivity index (χ0v) is 17.0. The molecule has 0 saturated carbocycles. The predicted molar refractivity (Wildman–Crippen MR) is 94.2 cm³/mol. The molecule has 21 heavy (non-hydrogen) atoms. The Balaban J connectivity index is 0. The van der Waals surface area contributed by atoms with Crippen LogP contribution in [0.1, 0.15) is 104 Å². The molecule has 0 bridgehead atoms. The van der Waals surface area contributed by atoms with Crippen LogP contribution >= 0.6 is 0 Å². The summed E-state index contributed by atoms with van der Waals surface area (Å²) >= 11 is 1.41. The van der Waals surface area contributed by atoms with Gasteiger partial charge in [0.1, 0.15) is 0 Å². The van der Waals surface area contributed by atoms with Gasteiger partial charge in [-0.1, -0.05) is 58.3 Å². The van der Waals surface area contributed by atoms with Crippen molar-refractivity contribution in [2.75, 3.05) is 0 Å². The summed E-state index contributed by atoms with van der Waals surface area (Å²) in [5.41, 5.74) is 0. The van der Waals surface area contributed by atoms with Gasteiger partial charge in [-0.3, -0.25) is 4.79 Å². The first-order valence-corrected chi connectivity index (χ1v) is 10.8. The molecule has 2 nitrogen and oxygen atoms in total. The van der Waals surface area contributed by atoms with Crippen LogP contribution in [-0.4, -0.2) is 39.0 Å². The molecule has 0 aromatic heterocycles. The topological polar surface area (TPSA) is 37.3 Å². The summed E-state index contributed by atoms with van der Waals surface area (Å²) in [5.74, 6) is -0.659. The number of carboxylic acid groups (broad SMARTS) is 1. The molecule has 0 atom stereocenters. The molecule has 0 unspecified atom stereocenters. The molecule has 0 heterocycles. The van der Waals surface area contributed by atoms with Gasteiger partial charge in [0.2, 0.25) is 0 Å². The Bertz CT molecular complexity index is 192. The van der Waals surface area contributed by atoms with Crippen LogP contribution in [0.15, 0.2) is 0 Å². The van der Waals surface area contributed by atoms with Crippen molar-refractivity contribution >= 4 is 33.9 Å². The van der Waals surface area contributed by atoms with Gasteiger partial charge >= 0.3 is 70.2 Å². The first-order chi connectivity index (χ1) is 10.2. The van der Waals surface area contributed by atoms with Gasteiger partial charge in [-0.15, -0.1) is 0 Å². The summed E-state index contributed by atoms with van der Waals surface area (Å²) in [4.78, 5) is 10.2. The molecule has 0 spiro atoms. The average molecular weight is 308 g/mol. The first kappa shape index (κ1) is 23.7. The quantitative estimate of drug-likeness (QED) is 0.309. The predicted octanol–water partition coefficient (Wildman–Crippen LogP) is 6.15. The summed E-state index contributed by atoms with van der Waals surface area (Å²) in [6, 6.07) is 0. The molecular formula is C18H37NaO2. The molecule has 0 rings (SSSR count). The fourth-order valence-corrected chi connectivity index (χ4v) is 2.76. The Kier molecular flexibility index (Phi) is 25.7. The second-order valence-electron chi connectivity index (χ2n) is 6.03. The molecule has 122 valence electrons. The Hall–Kier alpha value is 0.470. The molecule has 0 aliphatic rings. The third-order valence-electron chi connectivity index (χ3n) is 3.70. The summed E-state index contributed by atoms with van der Waals surface area (Å²) in [5, 5.41) is 8.41. The Morgan fingerprint density at radius 2 is 1.10 bits per heavy atom. The van der Waals surface area contributed by atoms with Gasteiger partial charge in [-0.05, 0) is 6.42 Å². The second kappa shape index (κ2) is 22.7. The standard InChI is InChI=1S/C12H24O2.C6H13.Na/c1-2-3-4-5-6-7-8-9-10-11-12(13)14;1-3-5-6-4-2;/h2-11H2,1H3,(H,13,14);1,3-6H2,2H3;. The first-order valence-electron chi connectivity index (χ1n) is 9.40. The van der Waals surface area contributed by atoms with Crippen molar-refractivity contribution in [2.24, 2.45) is 0 Å². The normalized spacial score (nSPS) is 10.1. The van der Waals surface area contributed by atoms with Crippen LogP contribution in [-0.2, 0) is 4.79 Å². The average Bonchev–Trinajstić information content (AvgIpc) is 2.46. The third kappa shape index (κ3) is 29.2. The van der Waals surface area contributed by atoms with Crippen molar-refractivity contribution in [1.29, 1.82) is 0 Å². The number of hydrogen-bond acceptors (Lipinski definition) is 1. The van der Waals surface area contributed by atoms with E-state index < -0.39 is 5.97 Å². The number of unbranched alkanes of at least 4 members (excludes halogenated alkanes) is 11. The maximum atomic E-state index is 10.2. The molecule has 0 amide bonds. The molecular weight excluding hydrogens is 271 g/mol. The van der Waals surface area contributed by atoms with Crippen molar-refractivity contribution in [3.63, 3.8) is 0 Å². The molecule has 0 aromatic carbocycles. The molecule has 0 saturated heterocycles. The minimum absolute atomic E-state index is 0.343. The van der Waals surface area contributed by atoms with Crippen LogP contribution < -0.4 is 0 Å². The van der Waals surface area contributed by atoms with E-state index >= 15 is 0 Å². The van der Waals surface area contributed by atoms with E-state index in [1.165, 1.54) is 102 Å². The second-order valence-corrected chi connectivity index (χ2v) is 7.03. The molecule has 0 fully saturated rings. The van der Waals surface area contributed by atoms with Crippen LogP contribution in [0.3, 0.4) is 0 Å². The van der Waals surface area contributed by atoms with E-state index in [1.54, 1.807) is 0 Å². The molecule has 0 aromatic rings. The summed E-state index contributed by atoms with van der Waals surface area (Å²) in [6.45, 7) is 4.49. The Morgan fingerprint density at radius 3 is 1.48 bits per heavy atom. The van der Waals surface area contributed by atoms with Crippen LogP contribution in [0, 0.1) is 0 Å². The van der Waals surface area contributed by atoms with Crippen LogP contribution in [0.4, 0.5) is 0 Å². The molecule has 0 radical (unpaired) electrons. The fourth-order valence-electron chi connectivity index (χ4n) is 2.26. The number of carboxylic acids is 1. The summed E-state index contributed by atoms with van der Waals surface area (Å²) < 4.78 is 1.50. The van der Waals surface area contributed by atoms with Gasteiger partial charge in [0.15, 0.2) is 0 Å². The van der Waals surface area contributed by atoms with Gasteiger partial charge in [-0.2, -0.15) is 0 Å². The van der Waals surface area contributed by atoms with Crippen molar-refractivity contribution in [1.82, 2.24) is 0 Å². The van der Waals surface area contributed by atoms with Gasteiger partial charge in [0.05, 0.1) is 0 Å². The van der Waals surface area contributed by atoms with Crippen LogP contribution in [0.5, 0.6) is 0 Å². The van der Waals surface area contributed by atoms with Crippen molar-refractivity contribution in [3.05, 3.63) is 0 Å². The minimum atomic E-state index is -0.659. The van der Waals surface area contributed by atoms with E-state index in [0.717, 1.165) is 12.8 Å². The number of carbonyl (C=O) groups is 1. The van der Waals surface area contributed by atoms with Gasteiger partial charge < -0.3 is 5.11 Å². The van der Waals surface area contributed by atoms with E-state index in [4.69, 9.17) is 5.11 Å². The Labute approximate surface area is 150 Å². The van der Waals surface area contributed by atoms with Gasteiger partial charge in [0, 0.05) is 6.42 Å². The summed E-state index contributed by atoms with van der Waals surface area (Å²) in [7, 11) is 0. The van der Waals surface area contributed by atoms with Crippen molar-refractivity contribution in [3.8, 4) is 0 Å². The van der Waals surface area contributed by atoms with E-state index in [1.807, 2.05) is 0 Å². The fraction of sp³-hybridized carbons (Fsp3) is 0.944. The van der Waals surface area contributed by atoms with E-state index in [9.17, 15) is 4.79 Å². The zero-order chi connectivity index (χ0) is 16.2. The van der Waals surface area contributed by atoms with Gasteiger partial charge in [-0.25, -0.2) is 0 Å². The van der Waals surface area contributed by atoms with E-state index in [0.29, 0.717) is 6.42 Å². The van der Waals surface area contributed by atoms with E-state index in [2.05, 4.69) is 13.8 Å². The number of hydrogen-bond donors (Lipinski definition) is 1. The summed E-state index contributed by atoms with van der Waals surface area (Å²) in [6.07, 6.45) is 17.3. The maximum absolute atomic E-state index is 10.2. The monoisotopic (exact) mass is 308 g/mol. The van der Waals surface area contributed by atoms with Crippen LogP contribution in [0.25, 0.3) is 0 Å². The van der Waals surface area contributed by atoms with Crippen molar-refractivity contribution in [2.45, 2.75) is 107 Å². The SMILES string of the molecule is CCCCCCCCCCCC(=O)O.CCCCC[CH2][Na]. The van der Waals surface area contributed by atoms with E-state index in [-0.39, 0.29) is 0 Å². The number of rotatable bonds is 14. The third-order valence-corrected chi connectivity index (χ3v) is 4.41. The molecule has 0 aliphatic carbocycles. The molecule has 0 aliphatic heterocycles. The van der Waals surface area contributed by atoms with Crippen molar-refractivity contribution < 1.29 is 9.90 Å². The molecule has 1 N–H and O–H groups in total. The zero-order valence-electron chi connectivity index (χ0n) is 15.0. The van der Waals surface area contributed by atoms with Gasteiger partial charge in [0.25, 0.3) is 0 Å². The van der Waals surface area contributed by atoms with Crippen LogP contribution in [0.2, 0.25) is 3.67 Å².